The molecule has 1 atom stereocenters. The Morgan fingerprint density at radius 3 is 2.70 bits per heavy atom. The quantitative estimate of drug-likeness (QED) is 0.811. The molecule has 1 aliphatic heterocycles. The molecule has 2 heterocycles. The number of hydrogen-bond acceptors (Lipinski definition) is 6. The molecule has 1 aromatic carbocycles. The molecule has 1 unspecified atom stereocenters. The maximum absolute atomic E-state index is 12.4. The maximum Gasteiger partial charge on any atom is 0.241 e. The molecule has 1 amide bonds. The molecule has 0 saturated carbocycles. The summed E-state index contributed by atoms with van der Waals surface area (Å²) in [5.41, 5.74) is 7.74. The number of aryl methyl sites for hydroxylation is 1. The van der Waals surface area contributed by atoms with Gasteiger partial charge in [0.05, 0.1) is 25.0 Å². The van der Waals surface area contributed by atoms with Crippen LogP contribution in [0.25, 0.3) is 0 Å². The van der Waals surface area contributed by atoms with Crippen molar-refractivity contribution in [3.05, 3.63) is 42.1 Å². The van der Waals surface area contributed by atoms with E-state index in [1.54, 1.807) is 25.4 Å². The fourth-order valence-corrected chi connectivity index (χ4v) is 3.00. The van der Waals surface area contributed by atoms with Crippen LogP contribution >= 0.6 is 0 Å². The van der Waals surface area contributed by atoms with Gasteiger partial charge in [-0.1, -0.05) is 6.07 Å². The smallest absolute Gasteiger partial charge is 0.241 e. The van der Waals surface area contributed by atoms with Crippen molar-refractivity contribution in [3.8, 4) is 17.4 Å². The first kappa shape index (κ1) is 19.1. The molecule has 27 heavy (non-hydrogen) atoms. The van der Waals surface area contributed by atoms with E-state index in [9.17, 15) is 4.79 Å². The van der Waals surface area contributed by atoms with E-state index in [4.69, 9.17) is 19.9 Å². The van der Waals surface area contributed by atoms with E-state index in [0.717, 1.165) is 18.4 Å². The molecule has 7 heteroatoms. The molecule has 0 bridgehead atoms. The third-order valence-corrected chi connectivity index (χ3v) is 4.61. The Morgan fingerprint density at radius 2 is 2.04 bits per heavy atom. The molecule has 1 saturated heterocycles. The Hall–Kier alpha value is -2.64. The standard InChI is InChI=1S/C20H25N3O4/c1-13-3-5-16(17(11-13)25-2)27-18-6-4-15(12-22-18)23-20(24)19(21)14-7-9-26-10-8-14/h3-6,11-12,14,19H,7-10,21H2,1-2H3,(H,23,24). The number of aromatic nitrogens is 1. The van der Waals surface area contributed by atoms with E-state index in [1.807, 2.05) is 25.1 Å². The number of nitrogens with one attached hydrogen (secondary N) is 1. The van der Waals surface area contributed by atoms with Crippen LogP contribution in [-0.2, 0) is 9.53 Å². The summed E-state index contributed by atoms with van der Waals surface area (Å²) in [5.74, 6) is 1.55. The van der Waals surface area contributed by atoms with Crippen molar-refractivity contribution in [1.29, 1.82) is 0 Å². The van der Waals surface area contributed by atoms with Gasteiger partial charge in [0.15, 0.2) is 11.5 Å². The molecule has 2 aromatic rings. The zero-order valence-electron chi connectivity index (χ0n) is 15.6. The Kier molecular flexibility index (Phi) is 6.26. The first-order chi connectivity index (χ1) is 13.1. The monoisotopic (exact) mass is 371 g/mol. The third-order valence-electron chi connectivity index (χ3n) is 4.61. The predicted molar refractivity (Wildman–Crippen MR) is 102 cm³/mol. The van der Waals surface area contributed by atoms with Gasteiger partial charge in [-0.3, -0.25) is 4.79 Å². The minimum absolute atomic E-state index is 0.142. The average Bonchev–Trinajstić information content (AvgIpc) is 2.70. The molecule has 1 fully saturated rings. The minimum atomic E-state index is -0.554. The molecule has 3 N–H and O–H groups in total. The lowest BCUT2D eigenvalue weighted by molar-refractivity contribution is -0.119. The number of amides is 1. The summed E-state index contributed by atoms with van der Waals surface area (Å²) >= 11 is 0. The van der Waals surface area contributed by atoms with Crippen LogP contribution in [0.5, 0.6) is 17.4 Å². The first-order valence-corrected chi connectivity index (χ1v) is 8.99. The molecule has 0 radical (unpaired) electrons. The van der Waals surface area contributed by atoms with E-state index < -0.39 is 6.04 Å². The van der Waals surface area contributed by atoms with Gasteiger partial charge in [-0.15, -0.1) is 0 Å². The lowest BCUT2D eigenvalue weighted by Gasteiger charge is -2.26. The van der Waals surface area contributed by atoms with Crippen molar-refractivity contribution in [2.24, 2.45) is 11.7 Å². The van der Waals surface area contributed by atoms with Crippen LogP contribution in [0.15, 0.2) is 36.5 Å². The Labute approximate surface area is 158 Å². The van der Waals surface area contributed by atoms with Crippen molar-refractivity contribution in [2.45, 2.75) is 25.8 Å². The first-order valence-electron chi connectivity index (χ1n) is 8.99. The van der Waals surface area contributed by atoms with Crippen LogP contribution in [0.1, 0.15) is 18.4 Å². The fourth-order valence-electron chi connectivity index (χ4n) is 3.00. The van der Waals surface area contributed by atoms with Gasteiger partial charge in [0, 0.05) is 19.3 Å². The summed E-state index contributed by atoms with van der Waals surface area (Å²) in [6.07, 6.45) is 3.15. The van der Waals surface area contributed by atoms with Crippen molar-refractivity contribution < 1.29 is 19.0 Å². The Bertz CT molecular complexity index is 773. The lowest BCUT2D eigenvalue weighted by Crippen LogP contribution is -2.44. The number of pyridine rings is 1. The van der Waals surface area contributed by atoms with E-state index in [0.29, 0.717) is 36.3 Å². The minimum Gasteiger partial charge on any atom is -0.493 e. The third kappa shape index (κ3) is 4.96. The van der Waals surface area contributed by atoms with Crippen molar-refractivity contribution in [3.63, 3.8) is 0 Å². The Balaban J connectivity index is 1.61. The molecular formula is C20H25N3O4. The Morgan fingerprint density at radius 1 is 1.26 bits per heavy atom. The summed E-state index contributed by atoms with van der Waals surface area (Å²) < 4.78 is 16.4. The van der Waals surface area contributed by atoms with E-state index >= 15 is 0 Å². The largest absolute Gasteiger partial charge is 0.493 e. The summed E-state index contributed by atoms with van der Waals surface area (Å²) in [4.78, 5) is 16.6. The SMILES string of the molecule is COc1cc(C)ccc1Oc1ccc(NC(=O)C(N)C2CCOCC2)cn1. The van der Waals surface area contributed by atoms with Gasteiger partial charge in [0.1, 0.15) is 0 Å². The number of anilines is 1. The van der Waals surface area contributed by atoms with Gasteiger partial charge in [-0.05, 0) is 49.4 Å². The number of nitrogens with two attached hydrogens (primary N) is 1. The second-order valence-electron chi connectivity index (χ2n) is 6.61. The van der Waals surface area contributed by atoms with Gasteiger partial charge in [0.25, 0.3) is 0 Å². The normalized spacial score (nSPS) is 15.8. The van der Waals surface area contributed by atoms with Crippen LogP contribution in [-0.4, -0.2) is 37.3 Å². The number of carbonyl (C=O) groups excluding carboxylic acids is 1. The lowest BCUT2D eigenvalue weighted by atomic mass is 9.92. The van der Waals surface area contributed by atoms with Gasteiger partial charge < -0.3 is 25.3 Å². The second-order valence-corrected chi connectivity index (χ2v) is 6.61. The molecule has 0 spiro atoms. The molecular weight excluding hydrogens is 346 g/mol. The summed E-state index contributed by atoms with van der Waals surface area (Å²) in [5, 5.41) is 2.81. The second kappa shape index (κ2) is 8.83. The highest BCUT2D eigenvalue weighted by atomic mass is 16.5. The molecule has 7 nitrogen and oxygen atoms in total. The van der Waals surface area contributed by atoms with Crippen LogP contribution < -0.4 is 20.5 Å². The van der Waals surface area contributed by atoms with E-state index in [1.165, 1.54) is 0 Å². The van der Waals surface area contributed by atoms with Crippen LogP contribution in [0, 0.1) is 12.8 Å². The van der Waals surface area contributed by atoms with Crippen LogP contribution in [0.4, 0.5) is 5.69 Å². The highest BCUT2D eigenvalue weighted by molar-refractivity contribution is 5.94. The zero-order chi connectivity index (χ0) is 19.2. The fraction of sp³-hybridized carbons (Fsp3) is 0.400. The maximum atomic E-state index is 12.4. The number of nitrogens with zero attached hydrogens (tertiary/aromatic N) is 1. The molecule has 1 aromatic heterocycles. The number of hydrogen-bond donors (Lipinski definition) is 2. The van der Waals surface area contributed by atoms with Gasteiger partial charge in [-0.2, -0.15) is 0 Å². The number of ether oxygens (including phenoxy) is 3. The topological polar surface area (TPSA) is 95.7 Å². The van der Waals surface area contributed by atoms with Crippen molar-refractivity contribution >= 4 is 11.6 Å². The van der Waals surface area contributed by atoms with E-state index in [-0.39, 0.29) is 11.8 Å². The predicted octanol–water partition coefficient (Wildman–Crippen LogP) is 2.88. The van der Waals surface area contributed by atoms with Crippen LogP contribution in [0.3, 0.4) is 0 Å². The highest BCUT2D eigenvalue weighted by Gasteiger charge is 2.26. The number of methoxy groups -OCH3 is 1. The summed E-state index contributed by atoms with van der Waals surface area (Å²) in [6.45, 7) is 3.29. The van der Waals surface area contributed by atoms with Crippen LogP contribution in [0.2, 0.25) is 0 Å². The zero-order valence-corrected chi connectivity index (χ0v) is 15.6. The number of rotatable bonds is 6. The molecule has 144 valence electrons. The molecule has 0 aliphatic carbocycles. The van der Waals surface area contributed by atoms with Gasteiger partial charge >= 0.3 is 0 Å². The highest BCUT2D eigenvalue weighted by Crippen LogP contribution is 2.31. The number of carbonyl (C=O) groups is 1. The van der Waals surface area contributed by atoms with Gasteiger partial charge in [0.2, 0.25) is 11.8 Å². The average molecular weight is 371 g/mol. The summed E-state index contributed by atoms with van der Waals surface area (Å²) in [6, 6.07) is 8.53. The van der Waals surface area contributed by atoms with E-state index in [2.05, 4.69) is 10.3 Å². The molecule has 1 aliphatic rings. The molecule has 3 rings (SSSR count). The van der Waals surface area contributed by atoms with Gasteiger partial charge in [-0.25, -0.2) is 4.98 Å². The number of benzene rings is 1. The van der Waals surface area contributed by atoms with Crippen molar-refractivity contribution in [1.82, 2.24) is 4.98 Å². The van der Waals surface area contributed by atoms with Crippen molar-refractivity contribution in [2.75, 3.05) is 25.6 Å². The summed E-state index contributed by atoms with van der Waals surface area (Å²) in [7, 11) is 1.59.